The first-order chi connectivity index (χ1) is 30.1. The number of aromatic nitrogens is 1. The lowest BCUT2D eigenvalue weighted by atomic mass is 9.83. The number of nitrogens with one attached hydrogen (secondary N) is 2. The van der Waals surface area contributed by atoms with Crippen molar-refractivity contribution in [3.8, 4) is 0 Å². The molecule has 14 heteroatoms. The van der Waals surface area contributed by atoms with E-state index in [1.165, 1.54) is 0 Å². The molecule has 2 fully saturated rings. The molecule has 1 aromatic heterocycles. The number of benzene rings is 1. The lowest BCUT2D eigenvalue weighted by Gasteiger charge is -2.41. The first kappa shape index (κ1) is 54.1. The van der Waals surface area contributed by atoms with Crippen LogP contribution in [0.1, 0.15) is 93.1 Å². The van der Waals surface area contributed by atoms with Crippen LogP contribution in [-0.4, -0.2) is 159 Å². The SMILES string of the molecule is CC[C@H](C)[C@@H]([C@@H](CC(=O)N1CCC[C@H]1[C@H](OC)[C@@H](C)C(=O)N[C@H](C)Cc1ccccc1)OC)N(C)C(=O)[C@@H](CC(=O)[C@H](C(C)C)N(C)CCN1CCNCC1)C(C)C.c1cscn1. The van der Waals surface area contributed by atoms with Gasteiger partial charge in [-0.15, -0.1) is 11.3 Å². The Bertz CT molecular complexity index is 1590. The fourth-order valence-electron chi connectivity index (χ4n) is 9.58. The van der Waals surface area contributed by atoms with Gasteiger partial charge in [-0.2, -0.15) is 0 Å². The summed E-state index contributed by atoms with van der Waals surface area (Å²) in [5, 5.41) is 8.50. The van der Waals surface area contributed by atoms with Crippen molar-refractivity contribution < 1.29 is 28.7 Å². The highest BCUT2D eigenvalue weighted by Crippen LogP contribution is 2.31. The summed E-state index contributed by atoms with van der Waals surface area (Å²) in [5.41, 5.74) is 2.95. The van der Waals surface area contributed by atoms with Gasteiger partial charge in [-0.25, -0.2) is 0 Å². The fourth-order valence-corrected chi connectivity index (χ4v) is 9.93. The summed E-state index contributed by atoms with van der Waals surface area (Å²) in [4.78, 5) is 68.5. The maximum absolute atomic E-state index is 14.6. The molecule has 0 unspecified atom stereocenters. The number of rotatable bonds is 24. The molecule has 2 N–H and O–H groups in total. The van der Waals surface area contributed by atoms with Crippen molar-refractivity contribution in [1.82, 2.24) is 35.2 Å². The van der Waals surface area contributed by atoms with E-state index in [0.717, 1.165) is 70.5 Å². The van der Waals surface area contributed by atoms with Gasteiger partial charge in [0.05, 0.1) is 48.2 Å². The van der Waals surface area contributed by atoms with E-state index in [0.29, 0.717) is 6.54 Å². The van der Waals surface area contributed by atoms with E-state index >= 15 is 0 Å². The van der Waals surface area contributed by atoms with Crippen molar-refractivity contribution in [3.63, 3.8) is 0 Å². The number of likely N-dealkylation sites (N-methyl/N-ethyl adjacent to an activating group) is 2. The fraction of sp³-hybridized carbons (Fsp3) is 0.735. The molecule has 13 nitrogen and oxygen atoms in total. The number of hydrogen-bond acceptors (Lipinski definition) is 11. The highest BCUT2D eigenvalue weighted by Gasteiger charge is 2.43. The van der Waals surface area contributed by atoms with E-state index in [9.17, 15) is 19.2 Å². The molecule has 1 aromatic carbocycles. The number of carbonyl (C=O) groups is 4. The summed E-state index contributed by atoms with van der Waals surface area (Å²) in [6.07, 6.45) is 4.02. The lowest BCUT2D eigenvalue weighted by Crippen LogP contribution is -2.55. The van der Waals surface area contributed by atoms with Crippen molar-refractivity contribution in [2.45, 2.75) is 130 Å². The highest BCUT2D eigenvalue weighted by molar-refractivity contribution is 7.07. The molecule has 3 amide bonds. The predicted molar refractivity (Wildman–Crippen MR) is 255 cm³/mol. The number of nitrogens with zero attached hydrogens (tertiary/aromatic N) is 5. The monoisotopic (exact) mass is 898 g/mol. The second-order valence-electron chi connectivity index (χ2n) is 18.6. The molecule has 2 saturated heterocycles. The Labute approximate surface area is 384 Å². The first-order valence-corrected chi connectivity index (χ1v) is 24.4. The third kappa shape index (κ3) is 16.6. The minimum absolute atomic E-state index is 0.0254. The van der Waals surface area contributed by atoms with Crippen molar-refractivity contribution in [1.29, 1.82) is 0 Å². The number of Topliss-reactive ketones (excluding diaryl/α,β-unsaturated/α-hetero) is 1. The summed E-state index contributed by atoms with van der Waals surface area (Å²) < 4.78 is 12.1. The molecule has 2 aliphatic rings. The Hall–Kier alpha value is -3.27. The quantitative estimate of drug-likeness (QED) is 0.131. The maximum Gasteiger partial charge on any atom is 0.226 e. The number of carbonyl (C=O) groups excluding carboxylic acids is 4. The minimum atomic E-state index is -0.568. The first-order valence-electron chi connectivity index (χ1n) is 23.5. The molecule has 0 radical (unpaired) electrons. The van der Waals surface area contributed by atoms with Crippen molar-refractivity contribution in [3.05, 3.63) is 53.0 Å². The van der Waals surface area contributed by atoms with Crippen LogP contribution < -0.4 is 10.6 Å². The number of methoxy groups -OCH3 is 2. The molecule has 2 aliphatic heterocycles. The van der Waals surface area contributed by atoms with Gasteiger partial charge in [0.15, 0.2) is 5.78 Å². The van der Waals surface area contributed by atoms with Gasteiger partial charge < -0.3 is 29.9 Å². The molecular weight excluding hydrogens is 815 g/mol. The van der Waals surface area contributed by atoms with E-state index in [-0.39, 0.29) is 78.3 Å². The van der Waals surface area contributed by atoms with Gasteiger partial charge in [0.1, 0.15) is 0 Å². The zero-order valence-electron chi connectivity index (χ0n) is 40.8. The molecule has 356 valence electrons. The number of likely N-dealkylation sites (tertiary alicyclic amines) is 1. The second kappa shape index (κ2) is 27.9. The standard InChI is InChI=1S/C46H80N6O6.C3H3NS/c1-13-33(6)43(50(10)46(56)37(31(2)3)29-39(53)42(32(4)5)49(9)26-27-51-24-21-47-22-25-51)40(57-11)30-41(54)52-23-17-20-38(52)44(58-12)35(8)45(55)48-34(7)28-36-18-15-14-16-19-36;1-2-5-3-4-1/h14-16,18-19,31-35,37-38,40,42-44,47H,13,17,20-30H2,1-12H3,(H,48,55);1-3H/t33-,34+,35+,37-,38-,40+,42-,43-,44+;/m0./s1. The molecule has 3 heterocycles. The van der Waals surface area contributed by atoms with Crippen LogP contribution in [-0.2, 0) is 35.1 Å². The van der Waals surface area contributed by atoms with E-state index in [1.54, 1.807) is 42.2 Å². The molecule has 0 aliphatic carbocycles. The summed E-state index contributed by atoms with van der Waals surface area (Å²) in [6, 6.07) is 9.10. The number of ketones is 1. The van der Waals surface area contributed by atoms with Crippen LogP contribution in [0.15, 0.2) is 47.4 Å². The predicted octanol–water partition coefficient (Wildman–Crippen LogP) is 5.89. The summed E-state index contributed by atoms with van der Waals surface area (Å²) in [5.74, 6) is -1.08. The van der Waals surface area contributed by atoms with Crippen LogP contribution >= 0.6 is 11.3 Å². The summed E-state index contributed by atoms with van der Waals surface area (Å²) >= 11 is 1.60. The van der Waals surface area contributed by atoms with Crippen LogP contribution in [0.25, 0.3) is 0 Å². The van der Waals surface area contributed by atoms with Gasteiger partial charge >= 0.3 is 0 Å². The van der Waals surface area contributed by atoms with Crippen molar-refractivity contribution in [2.24, 2.45) is 29.6 Å². The third-order valence-electron chi connectivity index (χ3n) is 13.3. The number of thiazole rings is 1. The molecule has 0 saturated carbocycles. The summed E-state index contributed by atoms with van der Waals surface area (Å²) in [7, 11) is 7.07. The highest BCUT2D eigenvalue weighted by atomic mass is 32.1. The number of ether oxygens (including phenoxy) is 2. The third-order valence-corrected chi connectivity index (χ3v) is 13.9. The second-order valence-corrected chi connectivity index (χ2v) is 19.4. The molecule has 9 atom stereocenters. The van der Waals surface area contributed by atoms with E-state index in [4.69, 9.17) is 9.47 Å². The number of amides is 3. The molecule has 0 bridgehead atoms. The lowest BCUT2D eigenvalue weighted by molar-refractivity contribution is -0.149. The topological polar surface area (TPSA) is 137 Å². The largest absolute Gasteiger partial charge is 0.379 e. The zero-order valence-corrected chi connectivity index (χ0v) is 41.6. The van der Waals surface area contributed by atoms with E-state index in [1.807, 2.05) is 70.3 Å². The van der Waals surface area contributed by atoms with Crippen LogP contribution in [0.5, 0.6) is 0 Å². The van der Waals surface area contributed by atoms with Gasteiger partial charge in [-0.05, 0) is 56.6 Å². The Kier molecular flexibility index (Phi) is 24.0. The average molecular weight is 898 g/mol. The maximum atomic E-state index is 14.6. The van der Waals surface area contributed by atoms with Crippen LogP contribution in [0.2, 0.25) is 0 Å². The molecular formula is C49H83N7O6S. The molecule has 2 aromatic rings. The van der Waals surface area contributed by atoms with Crippen LogP contribution in [0.4, 0.5) is 0 Å². The van der Waals surface area contributed by atoms with Gasteiger partial charge in [0.25, 0.3) is 0 Å². The van der Waals surface area contributed by atoms with Gasteiger partial charge in [-0.1, -0.05) is 85.2 Å². The average Bonchev–Trinajstić information content (AvgIpc) is 4.02. The normalized spacial score (nSPS) is 19.7. The minimum Gasteiger partial charge on any atom is -0.379 e. The Morgan fingerprint density at radius 3 is 2.16 bits per heavy atom. The van der Waals surface area contributed by atoms with Crippen LogP contribution in [0.3, 0.4) is 0 Å². The van der Waals surface area contributed by atoms with Gasteiger partial charge in [0.2, 0.25) is 17.7 Å². The molecule has 0 spiro atoms. The molecule has 63 heavy (non-hydrogen) atoms. The Morgan fingerprint density at radius 1 is 0.937 bits per heavy atom. The molecule has 4 rings (SSSR count). The van der Waals surface area contributed by atoms with Gasteiger partial charge in [0, 0.05) is 97.0 Å². The smallest absolute Gasteiger partial charge is 0.226 e. The van der Waals surface area contributed by atoms with Crippen molar-refractivity contribution >= 4 is 34.8 Å². The Balaban J connectivity index is 0.00000196. The van der Waals surface area contributed by atoms with E-state index < -0.39 is 24.0 Å². The number of hydrogen-bond donors (Lipinski definition) is 2. The van der Waals surface area contributed by atoms with Gasteiger partial charge in [-0.3, -0.25) is 34.0 Å². The Morgan fingerprint density at radius 2 is 1.62 bits per heavy atom. The number of piperazine rings is 1. The van der Waals surface area contributed by atoms with Crippen LogP contribution in [0, 0.1) is 29.6 Å². The van der Waals surface area contributed by atoms with E-state index in [2.05, 4.69) is 65.2 Å². The zero-order chi connectivity index (χ0) is 46.6. The van der Waals surface area contributed by atoms with Crippen molar-refractivity contribution in [2.75, 3.05) is 74.1 Å². The summed E-state index contributed by atoms with van der Waals surface area (Å²) in [6.45, 7) is 22.5.